The minimum absolute atomic E-state index is 0.150. The second-order valence-electron chi connectivity index (χ2n) is 9.46. The summed E-state index contributed by atoms with van der Waals surface area (Å²) >= 11 is 0. The van der Waals surface area contributed by atoms with E-state index in [1.165, 1.54) is 6.20 Å². The molecule has 8 heteroatoms. The van der Waals surface area contributed by atoms with Gasteiger partial charge in [0.1, 0.15) is 5.76 Å². The van der Waals surface area contributed by atoms with Crippen LogP contribution in [0.4, 0.5) is 14.7 Å². The molecule has 0 unspecified atom stereocenters. The lowest BCUT2D eigenvalue weighted by Crippen LogP contribution is -2.44. The Morgan fingerprint density at radius 1 is 1.24 bits per heavy atom. The molecule has 3 aromatic rings. The average Bonchev–Trinajstić information content (AvgIpc) is 3.36. The van der Waals surface area contributed by atoms with E-state index in [1.807, 2.05) is 32.1 Å². The van der Waals surface area contributed by atoms with E-state index >= 15 is 0 Å². The highest BCUT2D eigenvalue weighted by molar-refractivity contribution is 5.86. The topological polar surface area (TPSA) is 75.9 Å². The maximum atomic E-state index is 14.6. The van der Waals surface area contributed by atoms with Crippen molar-refractivity contribution >= 4 is 11.5 Å². The summed E-state index contributed by atoms with van der Waals surface area (Å²) in [7, 11) is 0. The van der Waals surface area contributed by atoms with Crippen molar-refractivity contribution in [3.63, 3.8) is 0 Å². The number of allylic oxidation sites excluding steroid dienone is 1. The van der Waals surface area contributed by atoms with Gasteiger partial charge >= 0.3 is 0 Å². The number of benzene rings is 1. The maximum absolute atomic E-state index is 14.6. The van der Waals surface area contributed by atoms with Crippen LogP contribution >= 0.6 is 0 Å². The number of aryl methyl sites for hydroxylation is 2. The first-order valence-corrected chi connectivity index (χ1v) is 11.7. The normalized spacial score (nSPS) is 20.2. The Hall–Kier alpha value is -3.13. The van der Waals surface area contributed by atoms with Gasteiger partial charge in [-0.1, -0.05) is 36.4 Å². The fourth-order valence-electron chi connectivity index (χ4n) is 4.95. The number of piperidine rings is 1. The fourth-order valence-corrected chi connectivity index (χ4v) is 4.95. The summed E-state index contributed by atoms with van der Waals surface area (Å²) in [6.45, 7) is 8.65. The standard InChI is InChI=1S/C26H29F2N5O/c1-14-9-10-29-13-22(14)31-25-30-12-21(26(4,27)28)24(32-25)20-8-5-17-11-18(6-7-19(17)20)23-15(2)33-34-16(23)3/h6-8,11-12,14,22,29H,5,9-10,13H2,1-4H3,(H,30,31,32)/t14-,22+/m0/s1. The second kappa shape index (κ2) is 8.58. The van der Waals surface area contributed by atoms with E-state index in [0.29, 0.717) is 18.3 Å². The number of alkyl halides is 2. The van der Waals surface area contributed by atoms with E-state index in [0.717, 1.165) is 65.7 Å². The minimum atomic E-state index is -3.06. The fraction of sp³-hybridized carbons (Fsp3) is 0.423. The molecular weight excluding hydrogens is 436 g/mol. The number of anilines is 1. The van der Waals surface area contributed by atoms with Crippen molar-refractivity contribution < 1.29 is 13.3 Å². The quantitative estimate of drug-likeness (QED) is 0.536. The van der Waals surface area contributed by atoms with Crippen molar-refractivity contribution in [2.75, 3.05) is 18.4 Å². The van der Waals surface area contributed by atoms with Gasteiger partial charge in [-0.15, -0.1) is 0 Å². The first-order valence-electron chi connectivity index (χ1n) is 11.7. The van der Waals surface area contributed by atoms with Crippen LogP contribution in [0.25, 0.3) is 16.7 Å². The van der Waals surface area contributed by atoms with Gasteiger partial charge < -0.3 is 15.2 Å². The van der Waals surface area contributed by atoms with Crippen molar-refractivity contribution in [3.8, 4) is 11.1 Å². The molecule has 2 N–H and O–H groups in total. The second-order valence-corrected chi connectivity index (χ2v) is 9.46. The largest absolute Gasteiger partial charge is 0.361 e. The molecule has 2 aliphatic rings. The molecule has 2 atom stereocenters. The Labute approximate surface area is 197 Å². The summed E-state index contributed by atoms with van der Waals surface area (Å²) in [5.74, 6) is -1.48. The molecule has 6 nitrogen and oxygen atoms in total. The molecule has 0 bridgehead atoms. The van der Waals surface area contributed by atoms with E-state index in [4.69, 9.17) is 4.52 Å². The molecule has 3 heterocycles. The Bertz CT molecular complexity index is 1240. The van der Waals surface area contributed by atoms with Gasteiger partial charge in [0.25, 0.3) is 5.92 Å². The Kier molecular flexibility index (Phi) is 5.72. The highest BCUT2D eigenvalue weighted by Gasteiger charge is 2.33. The predicted octanol–water partition coefficient (Wildman–Crippen LogP) is 5.26. The Morgan fingerprint density at radius 3 is 2.76 bits per heavy atom. The lowest BCUT2D eigenvalue weighted by molar-refractivity contribution is 0.0165. The van der Waals surface area contributed by atoms with Crippen LogP contribution in [0.5, 0.6) is 0 Å². The van der Waals surface area contributed by atoms with Crippen molar-refractivity contribution in [1.82, 2.24) is 20.4 Å². The third-order valence-corrected chi connectivity index (χ3v) is 6.90. The number of hydrogen-bond donors (Lipinski definition) is 2. The summed E-state index contributed by atoms with van der Waals surface area (Å²) in [5.41, 5.74) is 5.63. The van der Waals surface area contributed by atoms with Crippen LogP contribution in [-0.4, -0.2) is 34.3 Å². The van der Waals surface area contributed by atoms with Gasteiger partial charge in [0.05, 0.1) is 17.0 Å². The van der Waals surface area contributed by atoms with Crippen LogP contribution in [0.3, 0.4) is 0 Å². The highest BCUT2D eigenvalue weighted by atomic mass is 19.3. The smallest absolute Gasteiger partial charge is 0.274 e. The maximum Gasteiger partial charge on any atom is 0.274 e. The van der Waals surface area contributed by atoms with E-state index in [2.05, 4.69) is 38.7 Å². The van der Waals surface area contributed by atoms with Gasteiger partial charge in [-0.05, 0) is 55.8 Å². The van der Waals surface area contributed by atoms with Crippen LogP contribution in [0.15, 0.2) is 35.0 Å². The third-order valence-electron chi connectivity index (χ3n) is 6.90. The lowest BCUT2D eigenvalue weighted by Gasteiger charge is -2.30. The summed E-state index contributed by atoms with van der Waals surface area (Å²) in [4.78, 5) is 8.88. The molecular formula is C26H29F2N5O. The third kappa shape index (κ3) is 4.11. The molecule has 1 fully saturated rings. The summed E-state index contributed by atoms with van der Waals surface area (Å²) < 4.78 is 34.5. The van der Waals surface area contributed by atoms with Gasteiger partial charge in [-0.2, -0.15) is 0 Å². The number of nitrogens with one attached hydrogen (secondary N) is 2. The zero-order valence-corrected chi connectivity index (χ0v) is 19.9. The number of fused-ring (bicyclic) bond motifs is 1. The van der Waals surface area contributed by atoms with E-state index in [1.54, 1.807) is 0 Å². The molecule has 0 saturated carbocycles. The zero-order chi connectivity index (χ0) is 24.0. The molecule has 178 valence electrons. The molecule has 1 aliphatic carbocycles. The van der Waals surface area contributed by atoms with Crippen LogP contribution in [0, 0.1) is 19.8 Å². The molecule has 5 rings (SSSR count). The zero-order valence-electron chi connectivity index (χ0n) is 19.9. The molecule has 0 amide bonds. The van der Waals surface area contributed by atoms with Crippen LogP contribution in [0.1, 0.15) is 54.1 Å². The van der Waals surface area contributed by atoms with Gasteiger partial charge in [0, 0.05) is 36.8 Å². The predicted molar refractivity (Wildman–Crippen MR) is 128 cm³/mol. The number of nitrogens with zero attached hydrogens (tertiary/aromatic N) is 3. The summed E-state index contributed by atoms with van der Waals surface area (Å²) in [5, 5.41) is 10.8. The van der Waals surface area contributed by atoms with Gasteiger partial charge in [0.15, 0.2) is 0 Å². The number of aromatic nitrogens is 3. The SMILES string of the molecule is Cc1noc(C)c1-c1ccc2c(c1)CC=C2c1nc(N[C@@H]2CNCC[C@@H]2C)ncc1C(C)(F)F. The summed E-state index contributed by atoms with van der Waals surface area (Å²) in [6.07, 6.45) is 4.94. The number of halogens is 2. The first kappa shape index (κ1) is 22.7. The van der Waals surface area contributed by atoms with Crippen molar-refractivity contribution in [1.29, 1.82) is 0 Å². The van der Waals surface area contributed by atoms with E-state index in [-0.39, 0.29) is 17.3 Å². The highest BCUT2D eigenvalue weighted by Crippen LogP contribution is 2.40. The van der Waals surface area contributed by atoms with Crippen LogP contribution < -0.4 is 10.6 Å². The molecule has 1 aliphatic heterocycles. The number of rotatable bonds is 5. The molecule has 0 spiro atoms. The lowest BCUT2D eigenvalue weighted by atomic mass is 9.94. The van der Waals surface area contributed by atoms with Crippen LogP contribution in [-0.2, 0) is 12.3 Å². The molecule has 34 heavy (non-hydrogen) atoms. The van der Waals surface area contributed by atoms with Crippen molar-refractivity contribution in [2.45, 2.75) is 52.5 Å². The molecule has 1 saturated heterocycles. The Morgan fingerprint density at radius 2 is 2.06 bits per heavy atom. The molecule has 0 radical (unpaired) electrons. The van der Waals surface area contributed by atoms with Crippen molar-refractivity contribution in [2.24, 2.45) is 5.92 Å². The van der Waals surface area contributed by atoms with Gasteiger partial charge in [-0.25, -0.2) is 18.7 Å². The van der Waals surface area contributed by atoms with Crippen molar-refractivity contribution in [3.05, 3.63) is 64.3 Å². The van der Waals surface area contributed by atoms with E-state index < -0.39 is 5.92 Å². The van der Waals surface area contributed by atoms with Gasteiger partial charge in [0.2, 0.25) is 5.95 Å². The number of hydrogen-bond acceptors (Lipinski definition) is 6. The summed E-state index contributed by atoms with van der Waals surface area (Å²) in [6, 6.07) is 6.21. The monoisotopic (exact) mass is 465 g/mol. The van der Waals surface area contributed by atoms with Gasteiger partial charge in [-0.3, -0.25) is 0 Å². The average molecular weight is 466 g/mol. The Balaban J connectivity index is 1.52. The molecule has 2 aromatic heterocycles. The minimum Gasteiger partial charge on any atom is -0.361 e. The first-order chi connectivity index (χ1) is 16.2. The van der Waals surface area contributed by atoms with Crippen LogP contribution in [0.2, 0.25) is 0 Å². The molecule has 1 aromatic carbocycles. The van der Waals surface area contributed by atoms with E-state index in [9.17, 15) is 8.78 Å².